The van der Waals surface area contributed by atoms with Crippen LogP contribution in [0.1, 0.15) is 25.0 Å². The minimum absolute atomic E-state index is 0.328. The van der Waals surface area contributed by atoms with Gasteiger partial charge in [-0.25, -0.2) is 4.90 Å². The van der Waals surface area contributed by atoms with Crippen LogP contribution in [0.25, 0.3) is 11.3 Å². The van der Waals surface area contributed by atoms with Crippen molar-refractivity contribution in [3.05, 3.63) is 53.6 Å². The molecule has 0 saturated carbocycles. The van der Waals surface area contributed by atoms with E-state index in [0.717, 1.165) is 10.5 Å². The maximum absolute atomic E-state index is 13.2. The van der Waals surface area contributed by atoms with Gasteiger partial charge in [-0.2, -0.15) is 0 Å². The van der Waals surface area contributed by atoms with Crippen molar-refractivity contribution in [1.82, 2.24) is 0 Å². The summed E-state index contributed by atoms with van der Waals surface area (Å²) in [7, 11) is 3.03. The van der Waals surface area contributed by atoms with E-state index in [1.54, 1.807) is 12.1 Å². The number of ether oxygens (including phenoxy) is 3. The van der Waals surface area contributed by atoms with Crippen molar-refractivity contribution in [3.8, 4) is 11.5 Å². The second-order valence-corrected chi connectivity index (χ2v) is 5.89. The zero-order chi connectivity index (χ0) is 19.6. The van der Waals surface area contributed by atoms with Crippen molar-refractivity contribution >= 4 is 28.8 Å². The molecule has 6 nitrogen and oxygen atoms in total. The molecule has 1 heterocycles. The molecule has 0 aliphatic carbocycles. The number of imide groups is 1. The van der Waals surface area contributed by atoms with Crippen LogP contribution >= 0.6 is 0 Å². The van der Waals surface area contributed by atoms with Gasteiger partial charge in [0.25, 0.3) is 5.91 Å². The van der Waals surface area contributed by atoms with E-state index in [0.29, 0.717) is 40.7 Å². The van der Waals surface area contributed by atoms with Crippen LogP contribution in [0, 0.1) is 0 Å². The van der Waals surface area contributed by atoms with Gasteiger partial charge >= 0.3 is 0 Å². The molecule has 0 aromatic heterocycles. The first kappa shape index (κ1) is 18.5. The number of carbonyl (C=O) groups is 2. The minimum Gasteiger partial charge on any atom is -0.493 e. The average Bonchev–Trinajstić information content (AvgIpc) is 2.96. The third-order valence-electron chi connectivity index (χ3n) is 4.30. The molecule has 6 heteroatoms. The predicted molar refractivity (Wildman–Crippen MR) is 103 cm³/mol. The van der Waals surface area contributed by atoms with Gasteiger partial charge in [0.1, 0.15) is 5.76 Å². The molecule has 0 radical (unpaired) electrons. The van der Waals surface area contributed by atoms with E-state index in [4.69, 9.17) is 14.2 Å². The fraction of sp³-hybridized carbons (Fsp3) is 0.238. The smallest absolute Gasteiger partial charge is 0.269 e. The molecule has 0 fully saturated rings. The maximum Gasteiger partial charge on any atom is 0.269 e. The molecule has 1 aliphatic rings. The Bertz CT molecular complexity index is 918. The highest BCUT2D eigenvalue weighted by Crippen LogP contribution is 2.46. The minimum atomic E-state index is -0.430. The van der Waals surface area contributed by atoms with Crippen molar-refractivity contribution in [1.29, 1.82) is 0 Å². The van der Waals surface area contributed by atoms with Crippen molar-refractivity contribution in [2.45, 2.75) is 13.8 Å². The van der Waals surface area contributed by atoms with E-state index in [9.17, 15) is 9.59 Å². The lowest BCUT2D eigenvalue weighted by Crippen LogP contribution is -2.31. The van der Waals surface area contributed by atoms with Crippen LogP contribution in [0.3, 0.4) is 0 Å². The van der Waals surface area contributed by atoms with Gasteiger partial charge in [-0.1, -0.05) is 30.3 Å². The summed E-state index contributed by atoms with van der Waals surface area (Å²) in [5.74, 6) is 0.526. The Morgan fingerprint density at radius 1 is 1.04 bits per heavy atom. The molecule has 0 unspecified atom stereocenters. The Morgan fingerprint density at radius 2 is 1.67 bits per heavy atom. The van der Waals surface area contributed by atoms with Gasteiger partial charge in [0.05, 0.1) is 32.1 Å². The van der Waals surface area contributed by atoms with Gasteiger partial charge in [-0.15, -0.1) is 0 Å². The number of anilines is 1. The first-order valence-corrected chi connectivity index (χ1v) is 8.57. The summed E-state index contributed by atoms with van der Waals surface area (Å²) in [4.78, 5) is 26.5. The van der Waals surface area contributed by atoms with Crippen LogP contribution in [-0.2, 0) is 14.3 Å². The average molecular weight is 367 g/mol. The Balaban J connectivity index is 2.34. The van der Waals surface area contributed by atoms with Gasteiger partial charge in [0.15, 0.2) is 11.5 Å². The van der Waals surface area contributed by atoms with Crippen molar-refractivity contribution in [3.63, 3.8) is 0 Å². The first-order chi connectivity index (χ1) is 13.0. The number of benzene rings is 2. The van der Waals surface area contributed by atoms with Gasteiger partial charge in [-0.3, -0.25) is 9.59 Å². The van der Waals surface area contributed by atoms with E-state index in [-0.39, 0.29) is 5.91 Å². The van der Waals surface area contributed by atoms with E-state index < -0.39 is 5.91 Å². The zero-order valence-corrected chi connectivity index (χ0v) is 15.7. The standard InChI is InChI=1S/C21H21NO5/c1-5-27-20(14-9-7-6-8-10-14)19-15-11-17(25-3)18(26-4)12-16(15)22(13(2)23)21(19)24/h6-12H,5H2,1-4H3/b20-19+. The Hall–Kier alpha value is -3.28. The van der Waals surface area contributed by atoms with Gasteiger partial charge < -0.3 is 14.2 Å². The number of amides is 2. The fourth-order valence-electron chi connectivity index (χ4n) is 3.16. The van der Waals surface area contributed by atoms with Gasteiger partial charge in [-0.05, 0) is 13.0 Å². The molecule has 140 valence electrons. The van der Waals surface area contributed by atoms with Crippen LogP contribution < -0.4 is 14.4 Å². The van der Waals surface area contributed by atoms with Crippen LogP contribution in [0.15, 0.2) is 42.5 Å². The van der Waals surface area contributed by atoms with Crippen molar-refractivity contribution in [2.75, 3.05) is 25.7 Å². The second kappa shape index (κ2) is 7.53. The Kier molecular flexibility index (Phi) is 5.16. The lowest BCUT2D eigenvalue weighted by molar-refractivity contribution is -0.122. The van der Waals surface area contributed by atoms with Gasteiger partial charge in [0.2, 0.25) is 5.91 Å². The fourth-order valence-corrected chi connectivity index (χ4v) is 3.16. The summed E-state index contributed by atoms with van der Waals surface area (Å²) < 4.78 is 16.6. The molecule has 2 aromatic carbocycles. The highest BCUT2D eigenvalue weighted by atomic mass is 16.5. The molecule has 1 aliphatic heterocycles. The summed E-state index contributed by atoms with van der Waals surface area (Å²) >= 11 is 0. The molecule has 27 heavy (non-hydrogen) atoms. The molecule has 0 N–H and O–H groups in total. The largest absolute Gasteiger partial charge is 0.493 e. The quantitative estimate of drug-likeness (QED) is 0.598. The maximum atomic E-state index is 13.2. The summed E-state index contributed by atoms with van der Waals surface area (Å²) in [5.41, 5.74) is 2.11. The Labute approximate surface area is 158 Å². The molecule has 0 saturated heterocycles. The lowest BCUT2D eigenvalue weighted by Gasteiger charge is -2.14. The number of hydrogen-bond acceptors (Lipinski definition) is 5. The molecular formula is C21H21NO5. The summed E-state index contributed by atoms with van der Waals surface area (Å²) in [6.45, 7) is 3.58. The van der Waals surface area contributed by atoms with Crippen LogP contribution in [-0.4, -0.2) is 32.6 Å². The van der Waals surface area contributed by atoms with E-state index in [1.165, 1.54) is 21.1 Å². The third-order valence-corrected chi connectivity index (χ3v) is 4.30. The van der Waals surface area contributed by atoms with Gasteiger partial charge in [0, 0.05) is 24.1 Å². The summed E-state index contributed by atoms with van der Waals surface area (Å²) in [6.07, 6.45) is 0. The summed E-state index contributed by atoms with van der Waals surface area (Å²) in [5, 5.41) is 0. The first-order valence-electron chi connectivity index (χ1n) is 8.57. The SMILES string of the molecule is CCO/C(=C1/C(=O)N(C(C)=O)c2cc(OC)c(OC)cc21)c1ccccc1. The lowest BCUT2D eigenvalue weighted by atomic mass is 10.0. The third kappa shape index (κ3) is 3.14. The molecular weight excluding hydrogens is 346 g/mol. The molecule has 0 bridgehead atoms. The van der Waals surface area contributed by atoms with E-state index in [2.05, 4.69) is 0 Å². The number of methoxy groups -OCH3 is 2. The number of rotatable bonds is 5. The van der Waals surface area contributed by atoms with E-state index >= 15 is 0 Å². The number of fused-ring (bicyclic) bond motifs is 1. The molecule has 3 rings (SSSR count). The molecule has 0 spiro atoms. The molecule has 2 amide bonds. The van der Waals surface area contributed by atoms with Crippen LogP contribution in [0.4, 0.5) is 5.69 Å². The number of carbonyl (C=O) groups excluding carboxylic acids is 2. The van der Waals surface area contributed by atoms with Crippen LogP contribution in [0.2, 0.25) is 0 Å². The van der Waals surface area contributed by atoms with Crippen molar-refractivity contribution in [2.24, 2.45) is 0 Å². The number of nitrogens with zero attached hydrogens (tertiary/aromatic N) is 1. The van der Waals surface area contributed by atoms with E-state index in [1.807, 2.05) is 37.3 Å². The molecule has 0 atom stereocenters. The van der Waals surface area contributed by atoms with Crippen LogP contribution in [0.5, 0.6) is 11.5 Å². The summed E-state index contributed by atoms with van der Waals surface area (Å²) in [6, 6.07) is 12.7. The Morgan fingerprint density at radius 3 is 2.22 bits per heavy atom. The normalized spacial score (nSPS) is 14.7. The number of hydrogen-bond donors (Lipinski definition) is 0. The molecule has 2 aromatic rings. The highest BCUT2D eigenvalue weighted by molar-refractivity contribution is 6.43. The monoisotopic (exact) mass is 367 g/mol. The zero-order valence-electron chi connectivity index (χ0n) is 15.7. The topological polar surface area (TPSA) is 65.1 Å². The highest BCUT2D eigenvalue weighted by Gasteiger charge is 2.39. The predicted octanol–water partition coefficient (Wildman–Crippen LogP) is 3.50. The second-order valence-electron chi connectivity index (χ2n) is 5.89. The van der Waals surface area contributed by atoms with Crippen molar-refractivity contribution < 1.29 is 23.8 Å².